The third kappa shape index (κ3) is 3.30. The summed E-state index contributed by atoms with van der Waals surface area (Å²) in [5.41, 5.74) is 7.22. The van der Waals surface area contributed by atoms with Crippen molar-refractivity contribution < 1.29 is 4.74 Å². The number of aryl methyl sites for hydroxylation is 1. The lowest BCUT2D eigenvalue weighted by atomic mass is 10.3. The minimum atomic E-state index is 0.424. The number of aromatic nitrogens is 2. The van der Waals surface area contributed by atoms with Gasteiger partial charge in [0.05, 0.1) is 12.3 Å². The molecular weight excluding hydrogens is 178 g/mol. The van der Waals surface area contributed by atoms with Crippen LogP contribution in [-0.4, -0.2) is 16.6 Å². The van der Waals surface area contributed by atoms with Gasteiger partial charge in [-0.05, 0) is 19.4 Å². The molecule has 0 aliphatic carbocycles. The van der Waals surface area contributed by atoms with Crippen LogP contribution in [0.3, 0.4) is 0 Å². The summed E-state index contributed by atoms with van der Waals surface area (Å²) in [5, 5.41) is 0. The Morgan fingerprint density at radius 1 is 1.43 bits per heavy atom. The first-order valence-corrected chi connectivity index (χ1v) is 4.93. The minimum Gasteiger partial charge on any atom is -0.463 e. The van der Waals surface area contributed by atoms with E-state index in [4.69, 9.17) is 10.5 Å². The maximum Gasteiger partial charge on any atom is 0.316 e. The molecule has 0 aliphatic heterocycles. The number of hydrogen-bond acceptors (Lipinski definition) is 4. The van der Waals surface area contributed by atoms with Gasteiger partial charge in [0, 0.05) is 12.2 Å². The number of nitrogens with zero attached hydrogens (tertiary/aromatic N) is 2. The average Bonchev–Trinajstić information content (AvgIpc) is 2.17. The van der Waals surface area contributed by atoms with E-state index < -0.39 is 0 Å². The fourth-order valence-electron chi connectivity index (χ4n) is 1.08. The third-order valence-corrected chi connectivity index (χ3v) is 1.82. The third-order valence-electron chi connectivity index (χ3n) is 1.82. The van der Waals surface area contributed by atoms with Crippen molar-refractivity contribution in [2.45, 2.75) is 33.2 Å². The Kier molecular flexibility index (Phi) is 4.32. The van der Waals surface area contributed by atoms with Gasteiger partial charge in [-0.1, -0.05) is 13.3 Å². The van der Waals surface area contributed by atoms with Crippen LogP contribution in [0.1, 0.15) is 31.2 Å². The van der Waals surface area contributed by atoms with Gasteiger partial charge in [0.15, 0.2) is 0 Å². The van der Waals surface area contributed by atoms with Crippen LogP contribution in [0.15, 0.2) is 6.07 Å². The van der Waals surface area contributed by atoms with E-state index in [-0.39, 0.29) is 0 Å². The van der Waals surface area contributed by atoms with E-state index in [9.17, 15) is 0 Å². The summed E-state index contributed by atoms with van der Waals surface area (Å²) in [6.45, 7) is 5.12. The molecule has 1 aromatic rings. The molecule has 1 aromatic heterocycles. The number of unbranched alkanes of at least 4 members (excludes halogenated alkanes) is 1. The second kappa shape index (κ2) is 5.54. The normalized spacial score (nSPS) is 10.2. The van der Waals surface area contributed by atoms with Gasteiger partial charge < -0.3 is 10.5 Å². The van der Waals surface area contributed by atoms with E-state index >= 15 is 0 Å². The Balaban J connectivity index is 2.62. The molecule has 0 aliphatic rings. The van der Waals surface area contributed by atoms with Crippen molar-refractivity contribution in [2.75, 3.05) is 6.61 Å². The zero-order valence-electron chi connectivity index (χ0n) is 8.79. The molecule has 0 saturated heterocycles. The quantitative estimate of drug-likeness (QED) is 0.722. The second-order valence-corrected chi connectivity index (χ2v) is 3.19. The van der Waals surface area contributed by atoms with E-state index in [1.807, 2.05) is 13.0 Å². The van der Waals surface area contributed by atoms with Crippen molar-refractivity contribution in [1.82, 2.24) is 9.97 Å². The summed E-state index contributed by atoms with van der Waals surface area (Å²) >= 11 is 0. The molecular formula is C10H17N3O. The number of ether oxygens (including phenoxy) is 1. The molecule has 4 nitrogen and oxygen atoms in total. The average molecular weight is 195 g/mol. The Morgan fingerprint density at radius 2 is 2.21 bits per heavy atom. The van der Waals surface area contributed by atoms with Crippen LogP contribution in [0.5, 0.6) is 6.01 Å². The Bertz CT molecular complexity index is 289. The largest absolute Gasteiger partial charge is 0.463 e. The molecule has 0 fully saturated rings. The molecule has 0 unspecified atom stereocenters. The monoisotopic (exact) mass is 195 g/mol. The van der Waals surface area contributed by atoms with E-state index in [0.29, 0.717) is 19.2 Å². The van der Waals surface area contributed by atoms with Crippen molar-refractivity contribution >= 4 is 0 Å². The Labute approximate surface area is 84.5 Å². The highest BCUT2D eigenvalue weighted by molar-refractivity contribution is 5.12. The SMILES string of the molecule is CCCCOc1nc(C)cc(CN)n1. The van der Waals surface area contributed by atoms with Gasteiger partial charge in [0.1, 0.15) is 0 Å². The van der Waals surface area contributed by atoms with Crippen molar-refractivity contribution in [2.24, 2.45) is 5.73 Å². The van der Waals surface area contributed by atoms with Crippen molar-refractivity contribution in [3.05, 3.63) is 17.5 Å². The summed E-state index contributed by atoms with van der Waals surface area (Å²) in [6.07, 6.45) is 2.13. The summed E-state index contributed by atoms with van der Waals surface area (Å²) in [4.78, 5) is 8.33. The van der Waals surface area contributed by atoms with Crippen molar-refractivity contribution in [3.63, 3.8) is 0 Å². The molecule has 1 rings (SSSR count). The number of hydrogen-bond donors (Lipinski definition) is 1. The van der Waals surface area contributed by atoms with Gasteiger partial charge in [-0.3, -0.25) is 0 Å². The van der Waals surface area contributed by atoms with Crippen molar-refractivity contribution in [1.29, 1.82) is 0 Å². The predicted molar refractivity (Wildman–Crippen MR) is 55.1 cm³/mol. The van der Waals surface area contributed by atoms with Crippen LogP contribution < -0.4 is 10.5 Å². The van der Waals surface area contributed by atoms with E-state index in [0.717, 1.165) is 24.2 Å². The van der Waals surface area contributed by atoms with Crippen LogP contribution >= 0.6 is 0 Å². The maximum atomic E-state index is 5.50. The minimum absolute atomic E-state index is 0.424. The second-order valence-electron chi connectivity index (χ2n) is 3.19. The van der Waals surface area contributed by atoms with Crippen LogP contribution in [0.4, 0.5) is 0 Å². The molecule has 0 aromatic carbocycles. The smallest absolute Gasteiger partial charge is 0.316 e. The molecule has 14 heavy (non-hydrogen) atoms. The lowest BCUT2D eigenvalue weighted by Crippen LogP contribution is -2.06. The summed E-state index contributed by atoms with van der Waals surface area (Å²) < 4.78 is 5.39. The number of rotatable bonds is 5. The molecule has 1 heterocycles. The molecule has 4 heteroatoms. The molecule has 0 spiro atoms. The van der Waals surface area contributed by atoms with Gasteiger partial charge in [0.25, 0.3) is 0 Å². The lowest BCUT2D eigenvalue weighted by molar-refractivity contribution is 0.283. The first-order valence-electron chi connectivity index (χ1n) is 4.93. The molecule has 0 radical (unpaired) electrons. The van der Waals surface area contributed by atoms with Crippen LogP contribution in [0.25, 0.3) is 0 Å². The van der Waals surface area contributed by atoms with E-state index in [1.54, 1.807) is 0 Å². The van der Waals surface area contributed by atoms with E-state index in [2.05, 4.69) is 16.9 Å². The van der Waals surface area contributed by atoms with Crippen LogP contribution in [0.2, 0.25) is 0 Å². The molecule has 0 atom stereocenters. The Morgan fingerprint density at radius 3 is 2.86 bits per heavy atom. The topological polar surface area (TPSA) is 61.0 Å². The van der Waals surface area contributed by atoms with Gasteiger partial charge in [-0.15, -0.1) is 0 Å². The predicted octanol–water partition coefficient (Wildman–Crippen LogP) is 1.42. The van der Waals surface area contributed by atoms with Gasteiger partial charge in [0.2, 0.25) is 0 Å². The standard InChI is InChI=1S/C10H17N3O/c1-3-4-5-14-10-12-8(2)6-9(7-11)13-10/h6H,3-5,7,11H2,1-2H3. The molecule has 0 bridgehead atoms. The first-order chi connectivity index (χ1) is 6.76. The zero-order valence-corrected chi connectivity index (χ0v) is 8.79. The fraction of sp³-hybridized carbons (Fsp3) is 0.600. The molecule has 78 valence electrons. The highest BCUT2D eigenvalue weighted by Crippen LogP contribution is 2.06. The summed E-state index contributed by atoms with van der Waals surface area (Å²) in [6, 6.07) is 2.31. The van der Waals surface area contributed by atoms with E-state index in [1.165, 1.54) is 0 Å². The highest BCUT2D eigenvalue weighted by Gasteiger charge is 2.01. The Hall–Kier alpha value is -1.16. The molecule has 2 N–H and O–H groups in total. The van der Waals surface area contributed by atoms with Gasteiger partial charge in [-0.2, -0.15) is 4.98 Å². The van der Waals surface area contributed by atoms with Crippen molar-refractivity contribution in [3.8, 4) is 6.01 Å². The zero-order chi connectivity index (χ0) is 10.4. The molecule has 0 saturated carbocycles. The van der Waals surface area contributed by atoms with Crippen LogP contribution in [-0.2, 0) is 6.54 Å². The van der Waals surface area contributed by atoms with Gasteiger partial charge in [-0.25, -0.2) is 4.98 Å². The highest BCUT2D eigenvalue weighted by atomic mass is 16.5. The van der Waals surface area contributed by atoms with Crippen LogP contribution in [0, 0.1) is 6.92 Å². The molecule has 0 amide bonds. The number of nitrogens with two attached hydrogens (primary N) is 1. The summed E-state index contributed by atoms with van der Waals surface area (Å²) in [5.74, 6) is 0. The summed E-state index contributed by atoms with van der Waals surface area (Å²) in [7, 11) is 0. The lowest BCUT2D eigenvalue weighted by Gasteiger charge is -2.05. The maximum absolute atomic E-state index is 5.50. The fourth-order valence-corrected chi connectivity index (χ4v) is 1.08. The first kappa shape index (κ1) is 10.9. The van der Waals surface area contributed by atoms with Gasteiger partial charge >= 0.3 is 6.01 Å².